The van der Waals surface area contributed by atoms with Gasteiger partial charge in [-0.1, -0.05) is 0 Å². The number of likely N-dealkylation sites (N-methyl/N-ethyl adjacent to an activating group) is 1. The molecule has 0 saturated heterocycles. The summed E-state index contributed by atoms with van der Waals surface area (Å²) in [5.41, 5.74) is 3.34. The number of nitrogens with one attached hydrogen (secondary N) is 1. The Morgan fingerprint density at radius 1 is 0.692 bits per heavy atom. The summed E-state index contributed by atoms with van der Waals surface area (Å²) in [6.45, 7) is 3.71. The van der Waals surface area contributed by atoms with Crippen molar-refractivity contribution in [1.82, 2.24) is 5.32 Å². The predicted molar refractivity (Wildman–Crippen MR) is 189 cm³/mol. The minimum Gasteiger partial charge on any atom is -0.492 e. The SMILES string of the molecule is CCN(CCOc1ccc(N2C(=O)c3ccc(Oc4ccc5c(c4)C(=O)NC5=O)cc3C2=O)cc1)c1ccc(N=Nc2ccc([N+](=O)[O-])cc2)cc1. The first-order valence-corrected chi connectivity index (χ1v) is 16.1. The van der Waals surface area contributed by atoms with Crippen LogP contribution in [0.4, 0.5) is 28.4 Å². The second-order valence-corrected chi connectivity index (χ2v) is 11.7. The van der Waals surface area contributed by atoms with E-state index in [0.29, 0.717) is 41.7 Å². The van der Waals surface area contributed by atoms with Crippen molar-refractivity contribution in [2.24, 2.45) is 10.2 Å². The van der Waals surface area contributed by atoms with E-state index in [2.05, 4.69) is 20.4 Å². The summed E-state index contributed by atoms with van der Waals surface area (Å²) in [6.07, 6.45) is 0. The van der Waals surface area contributed by atoms with E-state index in [1.165, 1.54) is 48.5 Å². The molecule has 0 spiro atoms. The summed E-state index contributed by atoms with van der Waals surface area (Å²) in [7, 11) is 0. The molecule has 4 amide bonds. The molecule has 1 N–H and O–H groups in total. The number of ether oxygens (including phenoxy) is 2. The first-order valence-electron chi connectivity index (χ1n) is 16.1. The molecule has 5 aromatic carbocycles. The second kappa shape index (κ2) is 14.0. The fraction of sp³-hybridized carbons (Fsp3) is 0.105. The van der Waals surface area contributed by atoms with Gasteiger partial charge in [-0.25, -0.2) is 4.90 Å². The maximum absolute atomic E-state index is 13.4. The molecule has 2 aliphatic rings. The largest absolute Gasteiger partial charge is 0.492 e. The molecule has 258 valence electrons. The van der Waals surface area contributed by atoms with Gasteiger partial charge in [-0.15, -0.1) is 0 Å². The minimum atomic E-state index is -0.511. The van der Waals surface area contributed by atoms with Crippen LogP contribution in [0, 0.1) is 10.1 Å². The topological polar surface area (TPSA) is 173 Å². The Kier molecular flexibility index (Phi) is 8.93. The lowest BCUT2D eigenvalue weighted by atomic mass is 10.1. The highest BCUT2D eigenvalue weighted by atomic mass is 16.6. The van der Waals surface area contributed by atoms with Gasteiger partial charge in [0.2, 0.25) is 0 Å². The number of carbonyl (C=O) groups is 4. The summed E-state index contributed by atoms with van der Waals surface area (Å²) in [4.78, 5) is 64.1. The molecular weight excluding hydrogens is 668 g/mol. The van der Waals surface area contributed by atoms with Gasteiger partial charge in [-0.2, -0.15) is 10.2 Å². The average Bonchev–Trinajstić information content (AvgIpc) is 3.58. The Hall–Kier alpha value is -7.22. The third-order valence-electron chi connectivity index (χ3n) is 8.46. The smallest absolute Gasteiger partial charge is 0.269 e. The van der Waals surface area contributed by atoms with Gasteiger partial charge in [-0.3, -0.25) is 34.6 Å². The fourth-order valence-corrected chi connectivity index (χ4v) is 5.79. The molecule has 0 fully saturated rings. The van der Waals surface area contributed by atoms with E-state index in [1.807, 2.05) is 31.2 Å². The molecule has 0 unspecified atom stereocenters. The Labute approximate surface area is 296 Å². The molecule has 0 radical (unpaired) electrons. The number of carbonyl (C=O) groups excluding carboxylic acids is 4. The van der Waals surface area contributed by atoms with Crippen LogP contribution in [-0.2, 0) is 0 Å². The van der Waals surface area contributed by atoms with Crippen LogP contribution in [-0.4, -0.2) is 48.2 Å². The summed E-state index contributed by atoms with van der Waals surface area (Å²) in [5, 5.41) is 21.4. The number of anilines is 2. The lowest BCUT2D eigenvalue weighted by molar-refractivity contribution is -0.384. The van der Waals surface area contributed by atoms with Gasteiger partial charge < -0.3 is 14.4 Å². The van der Waals surface area contributed by atoms with E-state index < -0.39 is 28.6 Å². The van der Waals surface area contributed by atoms with Crippen molar-refractivity contribution >= 4 is 52.1 Å². The van der Waals surface area contributed by atoms with Gasteiger partial charge >= 0.3 is 0 Å². The van der Waals surface area contributed by atoms with E-state index in [0.717, 1.165) is 17.1 Å². The van der Waals surface area contributed by atoms with Crippen molar-refractivity contribution in [3.05, 3.63) is 142 Å². The first kappa shape index (κ1) is 33.3. The number of fused-ring (bicyclic) bond motifs is 2. The number of nitro benzene ring substituents is 1. The normalized spacial score (nSPS) is 13.3. The minimum absolute atomic E-state index is 0.0123. The summed E-state index contributed by atoms with van der Waals surface area (Å²) in [6, 6.07) is 29.1. The Balaban J connectivity index is 0.937. The molecule has 0 atom stereocenters. The van der Waals surface area contributed by atoms with E-state index in [9.17, 15) is 29.3 Å². The number of nitro groups is 1. The third kappa shape index (κ3) is 6.67. The van der Waals surface area contributed by atoms with Crippen LogP contribution in [0.3, 0.4) is 0 Å². The number of azo groups is 1. The number of rotatable bonds is 12. The highest BCUT2D eigenvalue weighted by Gasteiger charge is 2.37. The van der Waals surface area contributed by atoms with Crippen LogP contribution in [0.15, 0.2) is 119 Å². The molecule has 5 aromatic rings. The van der Waals surface area contributed by atoms with E-state index in [1.54, 1.807) is 36.4 Å². The summed E-state index contributed by atoms with van der Waals surface area (Å²) in [5.74, 6) is -0.797. The molecule has 14 heteroatoms. The van der Waals surface area contributed by atoms with Crippen LogP contribution in [0.1, 0.15) is 48.4 Å². The second-order valence-electron chi connectivity index (χ2n) is 11.7. The number of imide groups is 2. The van der Waals surface area contributed by atoms with Gasteiger partial charge in [0.05, 0.1) is 50.8 Å². The van der Waals surface area contributed by atoms with Gasteiger partial charge in [0.1, 0.15) is 23.9 Å². The molecule has 52 heavy (non-hydrogen) atoms. The maximum atomic E-state index is 13.4. The Morgan fingerprint density at radius 3 is 1.88 bits per heavy atom. The van der Waals surface area contributed by atoms with Crippen molar-refractivity contribution < 1.29 is 33.6 Å². The number of hydrogen-bond acceptors (Lipinski definition) is 11. The molecule has 0 saturated carbocycles. The first-order chi connectivity index (χ1) is 25.2. The van der Waals surface area contributed by atoms with Crippen molar-refractivity contribution in [2.75, 3.05) is 29.5 Å². The number of benzene rings is 5. The molecule has 14 nitrogen and oxygen atoms in total. The maximum Gasteiger partial charge on any atom is 0.269 e. The zero-order chi connectivity index (χ0) is 36.4. The van der Waals surface area contributed by atoms with Gasteiger partial charge in [0.15, 0.2) is 0 Å². The number of non-ortho nitro benzene ring substituents is 1. The number of hydrogen-bond donors (Lipinski definition) is 1. The molecule has 0 bridgehead atoms. The Bertz CT molecular complexity index is 2270. The van der Waals surface area contributed by atoms with Crippen molar-refractivity contribution in [3.8, 4) is 17.2 Å². The van der Waals surface area contributed by atoms with Gasteiger partial charge in [0, 0.05) is 24.4 Å². The molecular formula is C38H28N6O8. The van der Waals surface area contributed by atoms with Crippen LogP contribution in [0.25, 0.3) is 0 Å². The quantitative estimate of drug-likeness (QED) is 0.0604. The molecule has 0 aliphatic carbocycles. The lowest BCUT2D eigenvalue weighted by Gasteiger charge is -2.23. The van der Waals surface area contributed by atoms with Crippen molar-refractivity contribution in [3.63, 3.8) is 0 Å². The molecule has 0 aromatic heterocycles. The summed E-state index contributed by atoms with van der Waals surface area (Å²) >= 11 is 0. The van der Waals surface area contributed by atoms with Crippen LogP contribution in [0.2, 0.25) is 0 Å². The zero-order valence-corrected chi connectivity index (χ0v) is 27.5. The van der Waals surface area contributed by atoms with Gasteiger partial charge in [-0.05, 0) is 104 Å². The van der Waals surface area contributed by atoms with Crippen LogP contribution >= 0.6 is 0 Å². The lowest BCUT2D eigenvalue weighted by Crippen LogP contribution is -2.29. The van der Waals surface area contributed by atoms with Crippen LogP contribution < -0.4 is 24.6 Å². The van der Waals surface area contributed by atoms with Crippen molar-refractivity contribution in [1.29, 1.82) is 0 Å². The average molecular weight is 697 g/mol. The third-order valence-corrected chi connectivity index (χ3v) is 8.46. The predicted octanol–water partition coefficient (Wildman–Crippen LogP) is 7.39. The van der Waals surface area contributed by atoms with Crippen LogP contribution in [0.5, 0.6) is 17.2 Å². The summed E-state index contributed by atoms with van der Waals surface area (Å²) < 4.78 is 11.8. The Morgan fingerprint density at radius 2 is 1.25 bits per heavy atom. The number of amides is 4. The highest BCUT2D eigenvalue weighted by Crippen LogP contribution is 2.34. The van der Waals surface area contributed by atoms with E-state index in [4.69, 9.17) is 9.47 Å². The number of nitrogens with zero attached hydrogens (tertiary/aromatic N) is 5. The van der Waals surface area contributed by atoms with Crippen molar-refractivity contribution in [2.45, 2.75) is 6.92 Å². The van der Waals surface area contributed by atoms with E-state index in [-0.39, 0.29) is 33.7 Å². The monoisotopic (exact) mass is 696 g/mol. The molecule has 2 heterocycles. The standard InChI is InChI=1S/C38H28N6O8/c1-2-42(25-7-3-23(4-8-25)40-41-24-5-9-27(10-6-24)44(49)50)19-20-51-28-13-11-26(12-14-28)43-37(47)32-18-16-30(22-34(32)38(43)48)52-29-15-17-31-33(21-29)36(46)39-35(31)45/h3-18,21-22H,2,19-20H2,1H3,(H,39,45,46). The van der Waals surface area contributed by atoms with E-state index >= 15 is 0 Å². The zero-order valence-electron chi connectivity index (χ0n) is 27.5. The highest BCUT2D eigenvalue weighted by molar-refractivity contribution is 6.34. The fourth-order valence-electron chi connectivity index (χ4n) is 5.79. The molecule has 7 rings (SSSR count). The molecule has 2 aliphatic heterocycles. The van der Waals surface area contributed by atoms with Gasteiger partial charge in [0.25, 0.3) is 29.3 Å².